The molecule has 0 amide bonds. The highest BCUT2D eigenvalue weighted by Gasteiger charge is 2.47. The van der Waals surface area contributed by atoms with Crippen LogP contribution in [-0.2, 0) is 11.2 Å². The van der Waals surface area contributed by atoms with Gasteiger partial charge < -0.3 is 10.1 Å². The van der Waals surface area contributed by atoms with E-state index in [9.17, 15) is 18.7 Å². The molecule has 0 saturated heterocycles. The van der Waals surface area contributed by atoms with Crippen LogP contribution in [0.4, 0.5) is 8.78 Å². The maximum absolute atomic E-state index is 14.6. The van der Waals surface area contributed by atoms with Crippen LogP contribution >= 0.6 is 0 Å². The molecule has 150 valence electrons. The van der Waals surface area contributed by atoms with Crippen LogP contribution in [0.3, 0.4) is 0 Å². The van der Waals surface area contributed by atoms with E-state index < -0.39 is 23.5 Å². The van der Waals surface area contributed by atoms with Crippen molar-refractivity contribution in [2.75, 3.05) is 0 Å². The Morgan fingerprint density at radius 3 is 2.66 bits per heavy atom. The van der Waals surface area contributed by atoms with E-state index in [1.54, 1.807) is 6.20 Å². The van der Waals surface area contributed by atoms with Gasteiger partial charge in [-0.05, 0) is 55.9 Å². The van der Waals surface area contributed by atoms with Crippen molar-refractivity contribution in [3.05, 3.63) is 42.0 Å². The SMILES string of the molecule is O=C(O)[C@H]1C2CCC(CC2)C1Cc1nc(-c2c[nH]c3ncc(F)cc23)ncc1F. The fourth-order valence-corrected chi connectivity index (χ4v) is 5.31. The lowest BCUT2D eigenvalue weighted by atomic mass is 9.57. The molecule has 2 bridgehead atoms. The van der Waals surface area contributed by atoms with E-state index in [-0.39, 0.29) is 35.7 Å². The molecule has 3 aliphatic carbocycles. The van der Waals surface area contributed by atoms with Crippen LogP contribution in [0.5, 0.6) is 0 Å². The van der Waals surface area contributed by atoms with Crippen molar-refractivity contribution in [2.24, 2.45) is 23.7 Å². The summed E-state index contributed by atoms with van der Waals surface area (Å²) in [6, 6.07) is 1.33. The summed E-state index contributed by atoms with van der Waals surface area (Å²) in [7, 11) is 0. The fourth-order valence-electron chi connectivity index (χ4n) is 5.31. The third kappa shape index (κ3) is 3.07. The van der Waals surface area contributed by atoms with Crippen molar-refractivity contribution in [3.8, 4) is 11.4 Å². The first kappa shape index (κ1) is 18.1. The Labute approximate surface area is 165 Å². The number of carboxylic acids is 1. The zero-order chi connectivity index (χ0) is 20.1. The number of aliphatic carboxylic acids is 1. The van der Waals surface area contributed by atoms with E-state index >= 15 is 0 Å². The largest absolute Gasteiger partial charge is 0.481 e. The lowest BCUT2D eigenvalue weighted by Crippen LogP contribution is -2.45. The van der Waals surface area contributed by atoms with Gasteiger partial charge in [0.1, 0.15) is 11.5 Å². The lowest BCUT2D eigenvalue weighted by Gasteiger charge is -2.46. The predicted molar refractivity (Wildman–Crippen MR) is 101 cm³/mol. The maximum atomic E-state index is 14.6. The van der Waals surface area contributed by atoms with E-state index in [1.807, 2.05) is 0 Å². The summed E-state index contributed by atoms with van der Waals surface area (Å²) in [5.41, 5.74) is 1.25. The Balaban J connectivity index is 1.51. The Morgan fingerprint density at radius 2 is 1.90 bits per heavy atom. The average Bonchev–Trinajstić information content (AvgIpc) is 3.13. The molecule has 0 radical (unpaired) electrons. The number of H-pyrrole nitrogens is 1. The van der Waals surface area contributed by atoms with Crippen molar-refractivity contribution in [3.63, 3.8) is 0 Å². The van der Waals surface area contributed by atoms with Gasteiger partial charge in [-0.15, -0.1) is 0 Å². The van der Waals surface area contributed by atoms with E-state index in [0.717, 1.165) is 38.1 Å². The zero-order valence-corrected chi connectivity index (χ0v) is 15.6. The van der Waals surface area contributed by atoms with Gasteiger partial charge in [0.05, 0.1) is 24.0 Å². The Morgan fingerprint density at radius 1 is 1.14 bits per heavy atom. The molecule has 29 heavy (non-hydrogen) atoms. The van der Waals surface area contributed by atoms with Gasteiger partial charge in [0.15, 0.2) is 11.6 Å². The summed E-state index contributed by atoms with van der Waals surface area (Å²) < 4.78 is 28.2. The first-order valence-electron chi connectivity index (χ1n) is 9.88. The summed E-state index contributed by atoms with van der Waals surface area (Å²) in [4.78, 5) is 27.3. The first-order valence-corrected chi connectivity index (χ1v) is 9.88. The fraction of sp³-hybridized carbons (Fsp3) is 0.429. The molecule has 3 saturated carbocycles. The van der Waals surface area contributed by atoms with Crippen molar-refractivity contribution in [2.45, 2.75) is 32.1 Å². The molecule has 3 heterocycles. The number of halogens is 2. The minimum absolute atomic E-state index is 0.126. The number of fused-ring (bicyclic) bond motifs is 4. The number of hydrogen-bond acceptors (Lipinski definition) is 4. The molecule has 3 fully saturated rings. The summed E-state index contributed by atoms with van der Waals surface area (Å²) in [5, 5.41) is 10.3. The van der Waals surface area contributed by atoms with Crippen LogP contribution in [0.25, 0.3) is 22.4 Å². The third-order valence-electron chi connectivity index (χ3n) is 6.66. The minimum Gasteiger partial charge on any atom is -0.481 e. The van der Waals surface area contributed by atoms with Crippen LogP contribution in [0, 0.1) is 35.3 Å². The molecule has 3 aliphatic rings. The topological polar surface area (TPSA) is 91.8 Å². The quantitative estimate of drug-likeness (QED) is 0.694. The molecule has 1 unspecified atom stereocenters. The first-order chi connectivity index (χ1) is 14.0. The van der Waals surface area contributed by atoms with Gasteiger partial charge in [0, 0.05) is 17.1 Å². The summed E-state index contributed by atoms with van der Waals surface area (Å²) in [5.74, 6) is -1.68. The monoisotopic (exact) mass is 398 g/mol. The van der Waals surface area contributed by atoms with Gasteiger partial charge in [-0.3, -0.25) is 4.79 Å². The molecular weight excluding hydrogens is 378 g/mol. The summed E-state index contributed by atoms with van der Waals surface area (Å²) in [6.07, 6.45) is 7.97. The molecule has 3 aromatic rings. The highest BCUT2D eigenvalue weighted by molar-refractivity contribution is 5.91. The Kier molecular flexibility index (Phi) is 4.29. The molecule has 0 aliphatic heterocycles. The van der Waals surface area contributed by atoms with Crippen molar-refractivity contribution in [1.82, 2.24) is 19.9 Å². The Hall–Kier alpha value is -2.90. The normalized spacial score (nSPS) is 26.1. The highest BCUT2D eigenvalue weighted by Crippen LogP contribution is 2.50. The predicted octanol–water partition coefficient (Wildman–Crippen LogP) is 3.98. The maximum Gasteiger partial charge on any atom is 0.307 e. The van der Waals surface area contributed by atoms with E-state index in [2.05, 4.69) is 19.9 Å². The summed E-state index contributed by atoms with van der Waals surface area (Å²) >= 11 is 0. The van der Waals surface area contributed by atoms with Crippen molar-refractivity contribution >= 4 is 17.0 Å². The minimum atomic E-state index is -0.794. The number of carbonyl (C=O) groups is 1. The molecule has 6 rings (SSSR count). The summed E-state index contributed by atoms with van der Waals surface area (Å²) in [6.45, 7) is 0. The van der Waals surface area contributed by atoms with Crippen LogP contribution in [0.15, 0.2) is 24.7 Å². The number of nitrogens with zero attached hydrogens (tertiary/aromatic N) is 3. The van der Waals surface area contributed by atoms with Gasteiger partial charge in [0.2, 0.25) is 0 Å². The molecule has 0 aromatic carbocycles. The molecule has 6 nitrogen and oxygen atoms in total. The molecule has 3 aromatic heterocycles. The number of aromatic nitrogens is 4. The zero-order valence-electron chi connectivity index (χ0n) is 15.6. The molecule has 2 atom stereocenters. The second kappa shape index (κ2) is 6.86. The number of nitrogens with one attached hydrogen (secondary N) is 1. The number of aromatic amines is 1. The van der Waals surface area contributed by atoms with Crippen molar-refractivity contribution < 1.29 is 18.7 Å². The molecular formula is C21H20F2N4O2. The van der Waals surface area contributed by atoms with Crippen molar-refractivity contribution in [1.29, 1.82) is 0 Å². The molecule has 8 heteroatoms. The van der Waals surface area contributed by atoms with E-state index in [1.165, 1.54) is 6.07 Å². The standard InChI is InChI=1S/C21H20F2N4O2/c22-12-5-14-15(8-25-19(14)24-7-12)20-26-9-16(23)17(27-20)6-13-10-1-3-11(4-2-10)18(13)21(28)29/h5,7-11,13,18H,1-4,6H2,(H,24,25)(H,28,29)/t10?,11?,13?,18-/m0/s1. The van der Waals surface area contributed by atoms with E-state index in [4.69, 9.17) is 0 Å². The van der Waals surface area contributed by atoms with Gasteiger partial charge in [-0.2, -0.15) is 0 Å². The van der Waals surface area contributed by atoms with E-state index in [0.29, 0.717) is 16.6 Å². The highest BCUT2D eigenvalue weighted by atomic mass is 19.1. The number of pyridine rings is 1. The molecule has 2 N–H and O–H groups in total. The van der Waals surface area contributed by atoms with Crippen LogP contribution in [-0.4, -0.2) is 31.0 Å². The average molecular weight is 398 g/mol. The van der Waals surface area contributed by atoms with Gasteiger partial charge in [0.25, 0.3) is 0 Å². The molecule has 0 spiro atoms. The third-order valence-corrected chi connectivity index (χ3v) is 6.66. The van der Waals surface area contributed by atoms with Crippen LogP contribution in [0.2, 0.25) is 0 Å². The van der Waals surface area contributed by atoms with Crippen LogP contribution < -0.4 is 0 Å². The second-order valence-corrected chi connectivity index (χ2v) is 8.15. The number of carboxylic acid groups (broad SMARTS) is 1. The number of rotatable bonds is 4. The van der Waals surface area contributed by atoms with Gasteiger partial charge in [-0.25, -0.2) is 23.7 Å². The number of hydrogen-bond donors (Lipinski definition) is 2. The van der Waals surface area contributed by atoms with Gasteiger partial charge >= 0.3 is 5.97 Å². The van der Waals surface area contributed by atoms with Gasteiger partial charge in [-0.1, -0.05) is 0 Å². The smallest absolute Gasteiger partial charge is 0.307 e. The van der Waals surface area contributed by atoms with Crippen LogP contribution in [0.1, 0.15) is 31.4 Å². The lowest BCUT2D eigenvalue weighted by molar-refractivity contribution is -0.152. The second-order valence-electron chi connectivity index (χ2n) is 8.15. The Bertz CT molecular complexity index is 1090.